The summed E-state index contributed by atoms with van der Waals surface area (Å²) >= 11 is 0.886. The van der Waals surface area contributed by atoms with Gasteiger partial charge in [0.25, 0.3) is 0 Å². The second kappa shape index (κ2) is 8.82. The number of carbonyl (C=O) groups is 1. The molecule has 0 aliphatic carbocycles. The highest BCUT2D eigenvalue weighted by Gasteiger charge is 2.25. The molecule has 7 heteroatoms. The topological polar surface area (TPSA) is 61.8 Å². The molecule has 0 atom stereocenters. The van der Waals surface area contributed by atoms with Gasteiger partial charge >= 0.3 is 6.80 Å². The fourth-order valence-corrected chi connectivity index (χ4v) is 3.94. The summed E-state index contributed by atoms with van der Waals surface area (Å²) in [5, 5.41) is 0. The number of methoxy groups -OCH3 is 1. The summed E-state index contributed by atoms with van der Waals surface area (Å²) < 4.78 is 26.5. The van der Waals surface area contributed by atoms with Crippen LogP contribution in [-0.4, -0.2) is 31.9 Å². The Kier molecular flexibility index (Phi) is 8.66. The maximum absolute atomic E-state index is 11.9. The maximum Gasteiger partial charge on any atom is 0.389 e. The second-order valence-corrected chi connectivity index (χ2v) is 6.63. The highest BCUT2D eigenvalue weighted by molar-refractivity contribution is 8.55. The van der Waals surface area contributed by atoms with Crippen LogP contribution >= 0.6 is 18.2 Å². The van der Waals surface area contributed by atoms with Gasteiger partial charge in [0.1, 0.15) is 0 Å². The largest absolute Gasteiger partial charge is 0.504 e. The lowest BCUT2D eigenvalue weighted by Crippen LogP contribution is -1.99. The van der Waals surface area contributed by atoms with Crippen molar-refractivity contribution in [2.45, 2.75) is 13.8 Å². The van der Waals surface area contributed by atoms with E-state index in [-0.39, 0.29) is 24.7 Å². The first-order chi connectivity index (χ1) is 7.58. The van der Waals surface area contributed by atoms with E-state index in [0.717, 1.165) is 11.4 Å². The van der Waals surface area contributed by atoms with Crippen molar-refractivity contribution in [2.24, 2.45) is 0 Å². The van der Waals surface area contributed by atoms with Gasteiger partial charge in [-0.1, -0.05) is 0 Å². The molecule has 0 aliphatic heterocycles. The van der Waals surface area contributed by atoms with Crippen molar-refractivity contribution in [3.63, 3.8) is 0 Å². The third-order valence-electron chi connectivity index (χ3n) is 1.33. The Balaban J connectivity index is 4.16. The summed E-state index contributed by atoms with van der Waals surface area (Å²) in [5.41, 5.74) is 0. The Morgan fingerprint density at radius 1 is 1.31 bits per heavy atom. The van der Waals surface area contributed by atoms with Crippen LogP contribution in [0.4, 0.5) is 0 Å². The lowest BCUT2D eigenvalue weighted by atomic mass is 10.4. The van der Waals surface area contributed by atoms with Crippen molar-refractivity contribution in [1.82, 2.24) is 0 Å². The summed E-state index contributed by atoms with van der Waals surface area (Å²) in [7, 11) is 1.45. The van der Waals surface area contributed by atoms with Crippen molar-refractivity contribution in [3.8, 4) is 0 Å². The molecule has 0 aliphatic rings. The maximum atomic E-state index is 11.9. The summed E-state index contributed by atoms with van der Waals surface area (Å²) in [5.74, 6) is -0.164. The Morgan fingerprint density at radius 2 is 1.88 bits per heavy atom. The molecule has 0 aromatic heterocycles. The fourth-order valence-electron chi connectivity index (χ4n) is 0.763. The molecule has 0 saturated heterocycles. The second-order valence-electron chi connectivity index (χ2n) is 2.56. The average Bonchev–Trinajstić information content (AvgIpc) is 2.24. The summed E-state index contributed by atoms with van der Waals surface area (Å²) in [4.78, 5) is 11.2. The molecule has 0 heterocycles. The molecule has 0 aromatic rings. The van der Waals surface area contributed by atoms with Gasteiger partial charge in [-0.2, -0.15) is 0 Å². The highest BCUT2D eigenvalue weighted by atomic mass is 32.7. The molecular weight excluding hydrogens is 251 g/mol. The first kappa shape index (κ1) is 15.7. The van der Waals surface area contributed by atoms with E-state index in [1.807, 2.05) is 0 Å². The van der Waals surface area contributed by atoms with E-state index in [1.165, 1.54) is 19.4 Å². The van der Waals surface area contributed by atoms with E-state index in [1.54, 1.807) is 13.8 Å². The van der Waals surface area contributed by atoms with Crippen molar-refractivity contribution in [2.75, 3.05) is 26.1 Å². The number of ketones is 1. The fraction of sp³-hybridized carbons (Fsp3) is 0.667. The Labute approximate surface area is 99.8 Å². The number of carbonyl (C=O) groups excluding carboxylic acids is 1. The SMILES string of the molecule is CCOP(=O)(OCC)SCC(=O)/C=C/OC. The Hall–Kier alpha value is -0.290. The highest BCUT2D eigenvalue weighted by Crippen LogP contribution is 2.60. The molecule has 0 radical (unpaired) electrons. The van der Waals surface area contributed by atoms with Crippen LogP contribution in [0.25, 0.3) is 0 Å². The molecule has 0 N–H and O–H groups in total. The van der Waals surface area contributed by atoms with E-state index in [4.69, 9.17) is 9.05 Å². The minimum atomic E-state index is -3.18. The van der Waals surface area contributed by atoms with Gasteiger partial charge in [0, 0.05) is 6.08 Å². The van der Waals surface area contributed by atoms with Gasteiger partial charge in [0.05, 0.1) is 32.3 Å². The van der Waals surface area contributed by atoms with Crippen LogP contribution in [0.2, 0.25) is 0 Å². The van der Waals surface area contributed by atoms with E-state index in [2.05, 4.69) is 4.74 Å². The Morgan fingerprint density at radius 3 is 2.31 bits per heavy atom. The predicted octanol–water partition coefficient (Wildman–Crippen LogP) is 2.63. The van der Waals surface area contributed by atoms with Crippen LogP contribution in [0.5, 0.6) is 0 Å². The molecule has 0 rings (SSSR count). The third kappa shape index (κ3) is 7.06. The van der Waals surface area contributed by atoms with Crippen molar-refractivity contribution >= 4 is 24.0 Å². The lowest BCUT2D eigenvalue weighted by molar-refractivity contribution is -0.112. The van der Waals surface area contributed by atoms with Gasteiger partial charge in [-0.3, -0.25) is 4.79 Å². The number of allylic oxidation sites excluding steroid dienone is 1. The molecule has 94 valence electrons. The van der Waals surface area contributed by atoms with Crippen molar-refractivity contribution in [3.05, 3.63) is 12.3 Å². The first-order valence-electron chi connectivity index (χ1n) is 4.83. The molecule has 5 nitrogen and oxygen atoms in total. The van der Waals surface area contributed by atoms with Gasteiger partial charge in [-0.15, -0.1) is 0 Å². The van der Waals surface area contributed by atoms with Crippen molar-refractivity contribution < 1.29 is 23.1 Å². The van der Waals surface area contributed by atoms with Crippen LogP contribution in [0.15, 0.2) is 12.3 Å². The molecular formula is C9H17O5PS. The number of ether oxygens (including phenoxy) is 1. The zero-order chi connectivity index (χ0) is 12.4. The third-order valence-corrected chi connectivity index (χ3v) is 5.18. The number of hydrogen-bond acceptors (Lipinski definition) is 6. The molecule has 0 aromatic carbocycles. The molecule has 0 amide bonds. The number of rotatable bonds is 9. The van der Waals surface area contributed by atoms with Crippen LogP contribution in [0.3, 0.4) is 0 Å². The van der Waals surface area contributed by atoms with E-state index in [0.29, 0.717) is 0 Å². The lowest BCUT2D eigenvalue weighted by Gasteiger charge is -2.14. The average molecular weight is 268 g/mol. The van der Waals surface area contributed by atoms with Crippen LogP contribution < -0.4 is 0 Å². The van der Waals surface area contributed by atoms with Gasteiger partial charge in [-0.25, -0.2) is 4.57 Å². The predicted molar refractivity (Wildman–Crippen MR) is 64.5 cm³/mol. The minimum Gasteiger partial charge on any atom is -0.504 e. The van der Waals surface area contributed by atoms with E-state index < -0.39 is 6.80 Å². The Bertz CT molecular complexity index is 269. The molecule has 0 spiro atoms. The van der Waals surface area contributed by atoms with E-state index in [9.17, 15) is 9.36 Å². The summed E-state index contributed by atoms with van der Waals surface area (Å²) in [6.07, 6.45) is 2.55. The number of hydrogen-bond donors (Lipinski definition) is 0. The first-order valence-corrected chi connectivity index (χ1v) is 7.97. The van der Waals surface area contributed by atoms with Crippen LogP contribution in [-0.2, 0) is 23.1 Å². The normalized spacial score (nSPS) is 11.9. The van der Waals surface area contributed by atoms with E-state index >= 15 is 0 Å². The zero-order valence-corrected chi connectivity index (χ0v) is 11.4. The van der Waals surface area contributed by atoms with Gasteiger partial charge in [-0.05, 0) is 25.2 Å². The molecule has 0 unspecified atom stereocenters. The molecule has 0 bridgehead atoms. The minimum absolute atomic E-state index is 0.0388. The smallest absolute Gasteiger partial charge is 0.389 e. The zero-order valence-electron chi connectivity index (χ0n) is 9.67. The van der Waals surface area contributed by atoms with Crippen LogP contribution in [0, 0.1) is 0 Å². The monoisotopic (exact) mass is 268 g/mol. The molecule has 0 saturated carbocycles. The summed E-state index contributed by atoms with van der Waals surface area (Å²) in [6.45, 7) is 0.826. The van der Waals surface area contributed by atoms with Gasteiger partial charge in [0.2, 0.25) is 0 Å². The molecule has 16 heavy (non-hydrogen) atoms. The van der Waals surface area contributed by atoms with Gasteiger partial charge < -0.3 is 13.8 Å². The quantitative estimate of drug-likeness (QED) is 0.364. The molecule has 0 fully saturated rings. The standard InChI is InChI=1S/C9H17O5PS/c1-4-13-15(11,14-5-2)16-8-9(10)6-7-12-3/h6-7H,4-5,8H2,1-3H3/b7-6+. The van der Waals surface area contributed by atoms with Crippen LogP contribution in [0.1, 0.15) is 13.8 Å². The summed E-state index contributed by atoms with van der Waals surface area (Å²) in [6, 6.07) is 0. The van der Waals surface area contributed by atoms with Gasteiger partial charge in [0.15, 0.2) is 5.78 Å². The van der Waals surface area contributed by atoms with Crippen molar-refractivity contribution in [1.29, 1.82) is 0 Å².